The summed E-state index contributed by atoms with van der Waals surface area (Å²) in [5.74, 6) is -2.49. The van der Waals surface area contributed by atoms with E-state index in [1.54, 1.807) is 0 Å². The van der Waals surface area contributed by atoms with E-state index in [4.69, 9.17) is 14.9 Å². The van der Waals surface area contributed by atoms with Gasteiger partial charge in [-0.15, -0.1) is 0 Å². The Kier molecular flexibility index (Phi) is 8.51. The fraction of sp³-hybridized carbons (Fsp3) is 0.667. The molecular weight excluding hydrogens is 286 g/mol. The molecule has 21 heavy (non-hydrogen) atoms. The molecule has 1 amide bonds. The molecule has 0 radical (unpaired) electrons. The van der Waals surface area contributed by atoms with Crippen LogP contribution in [0, 0.1) is 5.92 Å². The minimum Gasteiger partial charge on any atom is -0.481 e. The molecule has 9 heteroatoms. The van der Waals surface area contributed by atoms with Gasteiger partial charge in [-0.25, -0.2) is 9.59 Å². The molecule has 0 aromatic rings. The van der Waals surface area contributed by atoms with Gasteiger partial charge in [-0.05, 0) is 12.3 Å². The van der Waals surface area contributed by atoms with Crippen LogP contribution in [0.15, 0.2) is 0 Å². The van der Waals surface area contributed by atoms with Gasteiger partial charge in [0.1, 0.15) is 6.04 Å². The lowest BCUT2D eigenvalue weighted by molar-refractivity contribution is -0.155. The Morgan fingerprint density at radius 3 is 2.29 bits per heavy atom. The standard InChI is InChI=1S/C12H19NO8/c1-7(2)5-10(20-6-14)21-12(19)13-8(11(17)18)3-4-9(15)16/h6-8,10H,3-5H2,1-2H3,(H,13,19)(H,15,16)(H,17,18)/t8-,10-/m0/s1. The van der Waals surface area contributed by atoms with E-state index in [0.717, 1.165) is 0 Å². The van der Waals surface area contributed by atoms with E-state index in [1.807, 2.05) is 19.2 Å². The van der Waals surface area contributed by atoms with E-state index < -0.39 is 36.8 Å². The van der Waals surface area contributed by atoms with Gasteiger partial charge < -0.3 is 25.0 Å². The van der Waals surface area contributed by atoms with Gasteiger partial charge in [0, 0.05) is 12.8 Å². The predicted molar refractivity (Wildman–Crippen MR) is 68.3 cm³/mol. The van der Waals surface area contributed by atoms with Gasteiger partial charge in [0.25, 0.3) is 6.47 Å². The van der Waals surface area contributed by atoms with Crippen molar-refractivity contribution in [3.8, 4) is 0 Å². The maximum absolute atomic E-state index is 11.5. The third-order valence-electron chi connectivity index (χ3n) is 2.35. The zero-order valence-corrected chi connectivity index (χ0v) is 11.8. The number of carbonyl (C=O) groups excluding carboxylic acids is 2. The summed E-state index contributed by atoms with van der Waals surface area (Å²) < 4.78 is 9.33. The third-order valence-corrected chi connectivity index (χ3v) is 2.35. The fourth-order valence-corrected chi connectivity index (χ4v) is 1.40. The van der Waals surface area contributed by atoms with Gasteiger partial charge in [0.2, 0.25) is 6.29 Å². The lowest BCUT2D eigenvalue weighted by atomic mass is 10.1. The molecule has 3 N–H and O–H groups in total. The highest BCUT2D eigenvalue weighted by Crippen LogP contribution is 2.09. The minimum absolute atomic E-state index is 0.0741. The van der Waals surface area contributed by atoms with Gasteiger partial charge >= 0.3 is 18.0 Å². The van der Waals surface area contributed by atoms with Crippen LogP contribution in [0.2, 0.25) is 0 Å². The molecule has 0 unspecified atom stereocenters. The number of hydrogen-bond acceptors (Lipinski definition) is 6. The van der Waals surface area contributed by atoms with Crippen LogP contribution in [0.1, 0.15) is 33.1 Å². The van der Waals surface area contributed by atoms with Crippen molar-refractivity contribution in [2.24, 2.45) is 5.92 Å². The molecule has 0 aliphatic carbocycles. The smallest absolute Gasteiger partial charge is 0.410 e. The van der Waals surface area contributed by atoms with Gasteiger partial charge in [0.15, 0.2) is 0 Å². The van der Waals surface area contributed by atoms with Crippen molar-refractivity contribution in [3.63, 3.8) is 0 Å². The first-order valence-corrected chi connectivity index (χ1v) is 6.27. The molecule has 0 aromatic carbocycles. The molecule has 0 saturated carbocycles. The molecule has 0 aliphatic rings. The number of amides is 1. The summed E-state index contributed by atoms with van der Waals surface area (Å²) in [6.07, 6.45) is -2.68. The van der Waals surface area contributed by atoms with Crippen molar-refractivity contribution in [2.45, 2.75) is 45.4 Å². The number of carboxylic acid groups (broad SMARTS) is 2. The number of aliphatic carboxylic acids is 2. The summed E-state index contributed by atoms with van der Waals surface area (Å²) in [6, 6.07) is -1.40. The number of carboxylic acids is 2. The van der Waals surface area contributed by atoms with Gasteiger partial charge in [0.05, 0.1) is 0 Å². The maximum atomic E-state index is 11.5. The Labute approximate surface area is 121 Å². The first-order chi connectivity index (χ1) is 9.76. The van der Waals surface area contributed by atoms with Crippen LogP contribution in [0.4, 0.5) is 4.79 Å². The van der Waals surface area contributed by atoms with Crippen molar-refractivity contribution in [3.05, 3.63) is 0 Å². The molecular formula is C12H19NO8. The largest absolute Gasteiger partial charge is 0.481 e. The average molecular weight is 305 g/mol. The lowest BCUT2D eigenvalue weighted by Gasteiger charge is -2.19. The first-order valence-electron chi connectivity index (χ1n) is 6.27. The number of rotatable bonds is 10. The number of carbonyl (C=O) groups is 4. The molecule has 9 nitrogen and oxygen atoms in total. The van der Waals surface area contributed by atoms with E-state index >= 15 is 0 Å². The van der Waals surface area contributed by atoms with E-state index in [0.29, 0.717) is 0 Å². The molecule has 0 aliphatic heterocycles. The summed E-state index contributed by atoms with van der Waals surface area (Å²) in [6.45, 7) is 3.75. The minimum atomic E-state index is -1.40. The second-order valence-electron chi connectivity index (χ2n) is 4.66. The normalized spacial score (nSPS) is 13.1. The Balaban J connectivity index is 4.48. The van der Waals surface area contributed by atoms with Crippen molar-refractivity contribution < 1.29 is 38.9 Å². The summed E-state index contributed by atoms with van der Waals surface area (Å²) in [5, 5.41) is 19.4. The van der Waals surface area contributed by atoms with E-state index in [-0.39, 0.29) is 25.2 Å². The highest BCUT2D eigenvalue weighted by atomic mass is 16.7. The second-order valence-corrected chi connectivity index (χ2v) is 4.66. The van der Waals surface area contributed by atoms with E-state index in [1.165, 1.54) is 0 Å². The monoisotopic (exact) mass is 305 g/mol. The summed E-state index contributed by atoms with van der Waals surface area (Å²) in [5.41, 5.74) is 0. The fourth-order valence-electron chi connectivity index (χ4n) is 1.40. The zero-order valence-electron chi connectivity index (χ0n) is 11.8. The van der Waals surface area contributed by atoms with Crippen LogP contribution in [0.5, 0.6) is 0 Å². The molecule has 120 valence electrons. The maximum Gasteiger partial charge on any atom is 0.410 e. The van der Waals surface area contributed by atoms with Gasteiger partial charge in [-0.2, -0.15) is 0 Å². The highest BCUT2D eigenvalue weighted by molar-refractivity contribution is 5.80. The third kappa shape index (κ3) is 9.25. The summed E-state index contributed by atoms with van der Waals surface area (Å²) >= 11 is 0. The second kappa shape index (κ2) is 9.56. The zero-order chi connectivity index (χ0) is 16.4. The van der Waals surface area contributed by atoms with Crippen molar-refractivity contribution in [1.82, 2.24) is 5.32 Å². The van der Waals surface area contributed by atoms with Crippen molar-refractivity contribution >= 4 is 24.5 Å². The number of alkyl carbamates (subject to hydrolysis) is 1. The molecule has 0 rings (SSSR count). The van der Waals surface area contributed by atoms with Crippen LogP contribution in [0.25, 0.3) is 0 Å². The van der Waals surface area contributed by atoms with Gasteiger partial charge in [-0.1, -0.05) is 13.8 Å². The average Bonchev–Trinajstić information content (AvgIpc) is 2.33. The lowest BCUT2D eigenvalue weighted by Crippen LogP contribution is -2.43. The Hall–Kier alpha value is -2.32. The predicted octanol–water partition coefficient (Wildman–Crippen LogP) is 0.576. The number of nitrogens with one attached hydrogen (secondary N) is 1. The highest BCUT2D eigenvalue weighted by Gasteiger charge is 2.24. The van der Waals surface area contributed by atoms with E-state index in [2.05, 4.69) is 4.74 Å². The van der Waals surface area contributed by atoms with Crippen LogP contribution in [-0.2, 0) is 23.9 Å². The molecule has 0 spiro atoms. The first kappa shape index (κ1) is 18.7. The summed E-state index contributed by atoms with van der Waals surface area (Å²) in [7, 11) is 0. The Morgan fingerprint density at radius 1 is 1.24 bits per heavy atom. The summed E-state index contributed by atoms with van der Waals surface area (Å²) in [4.78, 5) is 43.1. The van der Waals surface area contributed by atoms with Crippen LogP contribution in [0.3, 0.4) is 0 Å². The van der Waals surface area contributed by atoms with Crippen LogP contribution >= 0.6 is 0 Å². The SMILES string of the molecule is CC(C)C[C@@H](OC=O)OC(=O)N[C@@H](CCC(=O)O)C(=O)O. The molecule has 2 atom stereocenters. The Morgan fingerprint density at radius 2 is 1.86 bits per heavy atom. The number of ether oxygens (including phenoxy) is 2. The van der Waals surface area contributed by atoms with Crippen molar-refractivity contribution in [1.29, 1.82) is 0 Å². The number of hydrogen-bond donors (Lipinski definition) is 3. The van der Waals surface area contributed by atoms with Crippen LogP contribution in [-0.4, -0.2) is 47.0 Å². The van der Waals surface area contributed by atoms with E-state index in [9.17, 15) is 19.2 Å². The molecule has 0 aromatic heterocycles. The van der Waals surface area contributed by atoms with Crippen LogP contribution < -0.4 is 5.32 Å². The Bertz CT molecular complexity index is 381. The van der Waals surface area contributed by atoms with Gasteiger partial charge in [-0.3, -0.25) is 9.59 Å². The molecule has 0 bridgehead atoms. The molecule has 0 heterocycles. The topological polar surface area (TPSA) is 139 Å². The van der Waals surface area contributed by atoms with Crippen molar-refractivity contribution in [2.75, 3.05) is 0 Å². The molecule has 0 fully saturated rings. The quantitative estimate of drug-likeness (QED) is 0.393. The molecule has 0 saturated heterocycles.